The predicted molar refractivity (Wildman–Crippen MR) is 61.5 cm³/mol. The van der Waals surface area contributed by atoms with Gasteiger partial charge in [0.2, 0.25) is 0 Å². The van der Waals surface area contributed by atoms with Crippen LogP contribution in [0.3, 0.4) is 0 Å². The molecular formula is C9H9IOS. The third-order valence-corrected chi connectivity index (χ3v) is 2.48. The van der Waals surface area contributed by atoms with Crippen LogP contribution in [0.4, 0.5) is 0 Å². The van der Waals surface area contributed by atoms with Crippen molar-refractivity contribution in [1.29, 1.82) is 0 Å². The molecule has 0 spiro atoms. The maximum absolute atomic E-state index is 10.5. The number of rotatable bonds is 3. The molecule has 1 rings (SSSR count). The molecule has 1 aromatic carbocycles. The number of aryl methyl sites for hydroxylation is 1. The van der Waals surface area contributed by atoms with Gasteiger partial charge in [0.1, 0.15) is 0 Å². The molecule has 1 nitrogen and oxygen atoms in total. The van der Waals surface area contributed by atoms with Crippen molar-refractivity contribution in [3.63, 3.8) is 0 Å². The summed E-state index contributed by atoms with van der Waals surface area (Å²) in [6.45, 7) is 0. The van der Waals surface area contributed by atoms with Gasteiger partial charge in [-0.2, -0.15) is 0 Å². The van der Waals surface area contributed by atoms with Gasteiger partial charge in [0.25, 0.3) is 0 Å². The Bertz CT molecular complexity index is 268. The summed E-state index contributed by atoms with van der Waals surface area (Å²) in [5.74, 6) is 0. The lowest BCUT2D eigenvalue weighted by atomic mass is 10.1. The molecule has 3 heteroatoms. The van der Waals surface area contributed by atoms with Crippen molar-refractivity contribution in [2.45, 2.75) is 12.8 Å². The van der Waals surface area contributed by atoms with E-state index < -0.39 is 0 Å². The highest BCUT2D eigenvalue weighted by molar-refractivity contribution is 14.1. The molecule has 0 aromatic heterocycles. The Labute approximate surface area is 91.1 Å². The first-order valence-electron chi connectivity index (χ1n) is 3.65. The molecule has 0 amide bonds. The van der Waals surface area contributed by atoms with Crippen LogP contribution in [0.1, 0.15) is 12.0 Å². The summed E-state index contributed by atoms with van der Waals surface area (Å²) in [5, 5.41) is -0.0476. The van der Waals surface area contributed by atoms with E-state index in [1.165, 1.54) is 9.13 Å². The van der Waals surface area contributed by atoms with Crippen LogP contribution in [0.5, 0.6) is 0 Å². The fourth-order valence-electron chi connectivity index (χ4n) is 0.902. The first kappa shape index (κ1) is 10.1. The second-order valence-corrected chi connectivity index (χ2v) is 4.26. The summed E-state index contributed by atoms with van der Waals surface area (Å²) in [7, 11) is 0. The molecule has 1 aromatic rings. The third-order valence-electron chi connectivity index (χ3n) is 1.54. The van der Waals surface area contributed by atoms with Crippen LogP contribution in [-0.2, 0) is 11.2 Å². The topological polar surface area (TPSA) is 17.1 Å². The van der Waals surface area contributed by atoms with E-state index in [9.17, 15) is 4.79 Å². The van der Waals surface area contributed by atoms with Crippen molar-refractivity contribution in [2.75, 3.05) is 0 Å². The molecular weight excluding hydrogens is 283 g/mol. The van der Waals surface area contributed by atoms with Gasteiger partial charge >= 0.3 is 0 Å². The van der Waals surface area contributed by atoms with E-state index >= 15 is 0 Å². The fraction of sp³-hybridized carbons (Fsp3) is 0.222. The summed E-state index contributed by atoms with van der Waals surface area (Å²) in [4.78, 5) is 10.5. The molecule has 0 bridgehead atoms. The lowest BCUT2D eigenvalue weighted by molar-refractivity contribution is -0.110. The number of thiol groups is 1. The molecule has 0 unspecified atom stereocenters. The maximum Gasteiger partial charge on any atom is 0.186 e. The van der Waals surface area contributed by atoms with Crippen LogP contribution >= 0.6 is 35.2 Å². The quantitative estimate of drug-likeness (QED) is 0.669. The van der Waals surface area contributed by atoms with Crippen LogP contribution in [0.2, 0.25) is 0 Å². The Hall–Kier alpha value is -0.0300. The number of hydrogen-bond donors (Lipinski definition) is 1. The van der Waals surface area contributed by atoms with E-state index in [1.807, 2.05) is 24.3 Å². The monoisotopic (exact) mass is 292 g/mol. The van der Waals surface area contributed by atoms with Crippen molar-refractivity contribution in [3.05, 3.63) is 33.4 Å². The molecule has 0 fully saturated rings. The second-order valence-electron chi connectivity index (χ2n) is 2.52. The van der Waals surface area contributed by atoms with Crippen LogP contribution < -0.4 is 0 Å². The van der Waals surface area contributed by atoms with E-state index in [4.69, 9.17) is 0 Å². The molecule has 0 saturated carbocycles. The summed E-state index contributed by atoms with van der Waals surface area (Å²) in [6, 6.07) is 8.16. The van der Waals surface area contributed by atoms with Gasteiger partial charge in [0.05, 0.1) is 0 Å². The van der Waals surface area contributed by atoms with E-state index in [0.29, 0.717) is 6.42 Å². The van der Waals surface area contributed by atoms with Crippen molar-refractivity contribution in [2.24, 2.45) is 0 Å². The lowest BCUT2D eigenvalue weighted by Crippen LogP contribution is -1.91. The van der Waals surface area contributed by atoms with Gasteiger partial charge in [-0.15, -0.1) is 12.6 Å². The minimum Gasteiger partial charge on any atom is -0.287 e. The van der Waals surface area contributed by atoms with E-state index in [2.05, 4.69) is 35.2 Å². The predicted octanol–water partition coefficient (Wildman–Crippen LogP) is 2.68. The van der Waals surface area contributed by atoms with Crippen molar-refractivity contribution in [1.82, 2.24) is 0 Å². The number of benzene rings is 1. The number of hydrogen-bond acceptors (Lipinski definition) is 1. The molecule has 0 radical (unpaired) electrons. The Balaban J connectivity index is 2.53. The number of carbonyl (C=O) groups excluding carboxylic acids is 1. The Morgan fingerprint density at radius 2 is 1.92 bits per heavy atom. The highest BCUT2D eigenvalue weighted by Crippen LogP contribution is 2.08. The first-order chi connectivity index (χ1) is 5.68. The Kier molecular flexibility index (Phi) is 4.08. The molecule has 0 heterocycles. The molecule has 0 aliphatic heterocycles. The van der Waals surface area contributed by atoms with Crippen molar-refractivity contribution in [3.8, 4) is 0 Å². The molecule has 12 heavy (non-hydrogen) atoms. The standard InChI is InChI=1S/C9H9IOS/c10-8-4-1-7(2-5-8)3-6-9(11)12/h1-2,4-5H,3,6H2,(H,11,12). The smallest absolute Gasteiger partial charge is 0.186 e. The van der Waals surface area contributed by atoms with Gasteiger partial charge in [-0.25, -0.2) is 0 Å². The van der Waals surface area contributed by atoms with Crippen LogP contribution in [0, 0.1) is 3.57 Å². The third kappa shape index (κ3) is 3.58. The zero-order chi connectivity index (χ0) is 8.97. The van der Waals surface area contributed by atoms with Crippen molar-refractivity contribution >= 4 is 40.3 Å². The molecule has 0 saturated heterocycles. The Morgan fingerprint density at radius 3 is 2.42 bits per heavy atom. The second kappa shape index (κ2) is 4.87. The largest absolute Gasteiger partial charge is 0.287 e. The average molecular weight is 292 g/mol. The minimum absolute atomic E-state index is 0.0476. The van der Waals surface area contributed by atoms with Gasteiger partial charge in [-0.3, -0.25) is 4.79 Å². The minimum atomic E-state index is -0.0476. The van der Waals surface area contributed by atoms with Gasteiger partial charge in [-0.1, -0.05) is 12.1 Å². The van der Waals surface area contributed by atoms with Crippen LogP contribution in [0.15, 0.2) is 24.3 Å². The summed E-state index contributed by atoms with van der Waals surface area (Å²) in [5.41, 5.74) is 1.19. The average Bonchev–Trinajstić information content (AvgIpc) is 2.03. The highest BCUT2D eigenvalue weighted by Gasteiger charge is 1.96. The normalized spacial score (nSPS) is 9.83. The molecule has 0 atom stereocenters. The number of halogens is 1. The molecule has 0 aliphatic carbocycles. The van der Waals surface area contributed by atoms with Gasteiger partial charge in [0, 0.05) is 9.99 Å². The first-order valence-corrected chi connectivity index (χ1v) is 5.17. The maximum atomic E-state index is 10.5. The van der Waals surface area contributed by atoms with E-state index in [0.717, 1.165) is 6.42 Å². The van der Waals surface area contributed by atoms with Gasteiger partial charge in [-0.05, 0) is 46.7 Å². The molecule has 0 aliphatic rings. The molecule has 0 N–H and O–H groups in total. The summed E-state index contributed by atoms with van der Waals surface area (Å²) in [6.07, 6.45) is 1.31. The SMILES string of the molecule is O=C(S)CCc1ccc(I)cc1. The van der Waals surface area contributed by atoms with Crippen molar-refractivity contribution < 1.29 is 4.79 Å². The zero-order valence-corrected chi connectivity index (χ0v) is 9.51. The molecule has 64 valence electrons. The van der Waals surface area contributed by atoms with E-state index in [1.54, 1.807) is 0 Å². The van der Waals surface area contributed by atoms with Crippen LogP contribution in [0.25, 0.3) is 0 Å². The highest BCUT2D eigenvalue weighted by atomic mass is 127. The summed E-state index contributed by atoms with van der Waals surface area (Å²) < 4.78 is 1.22. The van der Waals surface area contributed by atoms with Crippen LogP contribution in [-0.4, -0.2) is 5.12 Å². The summed E-state index contributed by atoms with van der Waals surface area (Å²) >= 11 is 5.96. The van der Waals surface area contributed by atoms with Gasteiger partial charge < -0.3 is 0 Å². The fourth-order valence-corrected chi connectivity index (χ4v) is 1.37. The van der Waals surface area contributed by atoms with E-state index in [-0.39, 0.29) is 5.12 Å². The van der Waals surface area contributed by atoms with Gasteiger partial charge in [0.15, 0.2) is 5.12 Å². The lowest BCUT2D eigenvalue weighted by Gasteiger charge is -1.97. The number of carbonyl (C=O) groups is 1. The zero-order valence-electron chi connectivity index (χ0n) is 6.46. The Morgan fingerprint density at radius 1 is 1.33 bits per heavy atom.